The summed E-state index contributed by atoms with van der Waals surface area (Å²) >= 11 is 0. The minimum Gasteiger partial charge on any atom is -0.452 e. The van der Waals surface area contributed by atoms with Crippen molar-refractivity contribution in [1.29, 1.82) is 0 Å². The molecule has 0 aromatic heterocycles. The molecule has 27 heavy (non-hydrogen) atoms. The van der Waals surface area contributed by atoms with Crippen LogP contribution in [-0.2, 0) is 14.9 Å². The second-order valence-electron chi connectivity index (χ2n) is 6.87. The number of nitrogens with one attached hydrogen (secondary N) is 1. The van der Waals surface area contributed by atoms with E-state index in [1.165, 1.54) is 6.07 Å². The van der Waals surface area contributed by atoms with Gasteiger partial charge in [-0.05, 0) is 35.2 Å². The fourth-order valence-electron chi connectivity index (χ4n) is 2.25. The molecular formula is C19H19FN2O5. The number of nitrogens with zero attached hydrogens (tertiary/aromatic N) is 1. The molecule has 2 rings (SSSR count). The first kappa shape index (κ1) is 20.0. The summed E-state index contributed by atoms with van der Waals surface area (Å²) < 4.78 is 18.2. The summed E-state index contributed by atoms with van der Waals surface area (Å²) in [6.45, 7) is 5.56. The van der Waals surface area contributed by atoms with Gasteiger partial charge in [0.1, 0.15) is 0 Å². The lowest BCUT2D eigenvalue weighted by atomic mass is 9.87. The number of nitro groups is 1. The molecule has 0 unspecified atom stereocenters. The lowest BCUT2D eigenvalue weighted by Crippen LogP contribution is -2.21. The molecule has 0 aliphatic heterocycles. The number of amides is 1. The standard InChI is InChI=1S/C19H19FN2O5/c1-19(2,3)13-6-4-12(5-7-13)18(24)27-11-17(23)21-14-8-9-15(20)16(10-14)22(25)26/h4-10H,11H2,1-3H3,(H,21,23). The van der Waals surface area contributed by atoms with Crippen molar-refractivity contribution in [3.05, 3.63) is 69.5 Å². The van der Waals surface area contributed by atoms with Gasteiger partial charge in [0.05, 0.1) is 10.5 Å². The topological polar surface area (TPSA) is 98.5 Å². The molecule has 0 saturated heterocycles. The summed E-state index contributed by atoms with van der Waals surface area (Å²) in [5.74, 6) is -2.38. The van der Waals surface area contributed by atoms with Crippen molar-refractivity contribution >= 4 is 23.3 Å². The van der Waals surface area contributed by atoms with Crippen LogP contribution in [0.1, 0.15) is 36.7 Å². The molecular weight excluding hydrogens is 355 g/mol. The van der Waals surface area contributed by atoms with Gasteiger partial charge in [-0.25, -0.2) is 4.79 Å². The zero-order valence-electron chi connectivity index (χ0n) is 15.1. The van der Waals surface area contributed by atoms with E-state index in [2.05, 4.69) is 5.32 Å². The van der Waals surface area contributed by atoms with Gasteiger partial charge in [-0.15, -0.1) is 0 Å². The molecule has 0 aliphatic carbocycles. The summed E-state index contributed by atoms with van der Waals surface area (Å²) in [7, 11) is 0. The van der Waals surface area contributed by atoms with Crippen LogP contribution in [0.2, 0.25) is 0 Å². The van der Waals surface area contributed by atoms with E-state index in [1.54, 1.807) is 12.1 Å². The molecule has 2 aromatic carbocycles. The van der Waals surface area contributed by atoms with Gasteiger partial charge in [-0.1, -0.05) is 32.9 Å². The van der Waals surface area contributed by atoms with E-state index in [-0.39, 0.29) is 11.1 Å². The molecule has 8 heteroatoms. The molecule has 0 saturated carbocycles. The minimum atomic E-state index is -1.01. The fraction of sp³-hybridized carbons (Fsp3) is 0.263. The van der Waals surface area contributed by atoms with Gasteiger partial charge in [0.2, 0.25) is 5.82 Å². The lowest BCUT2D eigenvalue weighted by molar-refractivity contribution is -0.387. The van der Waals surface area contributed by atoms with E-state index in [9.17, 15) is 24.1 Å². The first-order chi connectivity index (χ1) is 12.6. The highest BCUT2D eigenvalue weighted by atomic mass is 19.1. The molecule has 0 bridgehead atoms. The normalized spacial score (nSPS) is 11.0. The Morgan fingerprint density at radius 3 is 2.33 bits per heavy atom. The third kappa shape index (κ3) is 5.34. The number of anilines is 1. The number of halogens is 1. The highest BCUT2D eigenvalue weighted by Gasteiger charge is 2.17. The predicted octanol–water partition coefficient (Wildman–Crippen LogP) is 3.83. The molecule has 0 radical (unpaired) electrons. The summed E-state index contributed by atoms with van der Waals surface area (Å²) in [6, 6.07) is 9.79. The summed E-state index contributed by atoms with van der Waals surface area (Å²) in [4.78, 5) is 33.7. The van der Waals surface area contributed by atoms with E-state index in [1.807, 2.05) is 32.9 Å². The Morgan fingerprint density at radius 2 is 1.78 bits per heavy atom. The molecule has 0 atom stereocenters. The van der Waals surface area contributed by atoms with Gasteiger partial charge in [0.25, 0.3) is 5.91 Å². The number of rotatable bonds is 5. The van der Waals surface area contributed by atoms with Crippen LogP contribution < -0.4 is 5.32 Å². The Labute approximate surface area is 155 Å². The first-order valence-electron chi connectivity index (χ1n) is 8.09. The van der Waals surface area contributed by atoms with Gasteiger partial charge < -0.3 is 10.1 Å². The summed E-state index contributed by atoms with van der Waals surface area (Å²) in [6.07, 6.45) is 0. The van der Waals surface area contributed by atoms with Crippen LogP contribution in [0, 0.1) is 15.9 Å². The van der Waals surface area contributed by atoms with Crippen LogP contribution in [0.3, 0.4) is 0 Å². The molecule has 0 spiro atoms. The number of carbonyl (C=O) groups is 2. The maximum absolute atomic E-state index is 13.3. The van der Waals surface area contributed by atoms with Gasteiger partial charge in [0, 0.05) is 11.8 Å². The number of carbonyl (C=O) groups excluding carboxylic acids is 2. The summed E-state index contributed by atoms with van der Waals surface area (Å²) in [5, 5.41) is 13.0. The second kappa shape index (κ2) is 7.94. The van der Waals surface area contributed by atoms with Crippen LogP contribution in [0.15, 0.2) is 42.5 Å². The number of ether oxygens (including phenoxy) is 1. The largest absolute Gasteiger partial charge is 0.452 e. The Hall–Kier alpha value is -3.29. The maximum Gasteiger partial charge on any atom is 0.338 e. The highest BCUT2D eigenvalue weighted by Crippen LogP contribution is 2.23. The van der Waals surface area contributed by atoms with Crippen LogP contribution in [0.25, 0.3) is 0 Å². The van der Waals surface area contributed by atoms with Gasteiger partial charge in [-0.2, -0.15) is 4.39 Å². The highest BCUT2D eigenvalue weighted by molar-refractivity contribution is 5.95. The Kier molecular flexibility index (Phi) is 5.89. The van der Waals surface area contributed by atoms with Crippen molar-refractivity contribution in [3.8, 4) is 0 Å². The van der Waals surface area contributed by atoms with Crippen molar-refractivity contribution in [1.82, 2.24) is 0 Å². The molecule has 142 valence electrons. The van der Waals surface area contributed by atoms with Crippen molar-refractivity contribution in [2.45, 2.75) is 26.2 Å². The third-order valence-corrected chi connectivity index (χ3v) is 3.75. The summed E-state index contributed by atoms with van der Waals surface area (Å²) in [5.41, 5.74) is 0.561. The SMILES string of the molecule is CC(C)(C)c1ccc(C(=O)OCC(=O)Nc2ccc(F)c([N+](=O)[O-])c2)cc1. The average molecular weight is 374 g/mol. The van der Waals surface area contributed by atoms with E-state index in [4.69, 9.17) is 4.74 Å². The van der Waals surface area contributed by atoms with Crippen LogP contribution in [0.4, 0.5) is 15.8 Å². The van der Waals surface area contributed by atoms with Crippen molar-refractivity contribution in [2.75, 3.05) is 11.9 Å². The Morgan fingerprint density at radius 1 is 1.15 bits per heavy atom. The van der Waals surface area contributed by atoms with Gasteiger partial charge in [0.15, 0.2) is 6.61 Å². The van der Waals surface area contributed by atoms with E-state index >= 15 is 0 Å². The number of esters is 1. The molecule has 0 heterocycles. The second-order valence-corrected chi connectivity index (χ2v) is 6.87. The Bertz CT molecular complexity index is 873. The maximum atomic E-state index is 13.3. The van der Waals surface area contributed by atoms with Crippen LogP contribution in [0.5, 0.6) is 0 Å². The van der Waals surface area contributed by atoms with Crippen molar-refractivity contribution in [3.63, 3.8) is 0 Å². The lowest BCUT2D eigenvalue weighted by Gasteiger charge is -2.18. The zero-order chi connectivity index (χ0) is 20.2. The molecule has 7 nitrogen and oxygen atoms in total. The van der Waals surface area contributed by atoms with Crippen molar-refractivity contribution in [2.24, 2.45) is 0 Å². The van der Waals surface area contributed by atoms with Gasteiger partial charge >= 0.3 is 11.7 Å². The third-order valence-electron chi connectivity index (χ3n) is 3.75. The molecule has 2 aromatic rings. The molecule has 0 aliphatic rings. The number of hydrogen-bond acceptors (Lipinski definition) is 5. The smallest absolute Gasteiger partial charge is 0.338 e. The predicted molar refractivity (Wildman–Crippen MR) is 97.1 cm³/mol. The number of hydrogen-bond donors (Lipinski definition) is 1. The average Bonchev–Trinajstić information content (AvgIpc) is 2.60. The van der Waals surface area contributed by atoms with Gasteiger partial charge in [-0.3, -0.25) is 14.9 Å². The van der Waals surface area contributed by atoms with E-state index in [0.29, 0.717) is 5.56 Å². The minimum absolute atomic E-state index is 0.0266. The van der Waals surface area contributed by atoms with Crippen molar-refractivity contribution < 1.29 is 23.6 Å². The quantitative estimate of drug-likeness (QED) is 0.487. The number of benzene rings is 2. The van der Waals surface area contributed by atoms with E-state index in [0.717, 1.165) is 17.7 Å². The van der Waals surface area contributed by atoms with E-state index < -0.39 is 34.9 Å². The number of nitro benzene ring substituents is 1. The Balaban J connectivity index is 1.94. The van der Waals surface area contributed by atoms with Crippen LogP contribution in [-0.4, -0.2) is 23.4 Å². The molecule has 1 amide bonds. The van der Waals surface area contributed by atoms with Crippen LogP contribution >= 0.6 is 0 Å². The molecule has 1 N–H and O–H groups in total. The fourth-order valence-corrected chi connectivity index (χ4v) is 2.25. The molecule has 0 fully saturated rings. The first-order valence-corrected chi connectivity index (χ1v) is 8.09. The monoisotopic (exact) mass is 374 g/mol. The zero-order valence-corrected chi connectivity index (χ0v) is 15.1.